The highest BCUT2D eigenvalue weighted by atomic mass is 35.5. The third-order valence-electron chi connectivity index (χ3n) is 3.99. The Kier molecular flexibility index (Phi) is 7.27. The molecule has 9 heteroatoms. The van der Waals surface area contributed by atoms with Crippen LogP contribution < -0.4 is 19.7 Å². The number of benzene rings is 1. The number of aryl methyl sites for hydroxylation is 1. The van der Waals surface area contributed by atoms with E-state index in [9.17, 15) is 4.79 Å². The van der Waals surface area contributed by atoms with Crippen molar-refractivity contribution in [2.24, 2.45) is 0 Å². The van der Waals surface area contributed by atoms with E-state index >= 15 is 0 Å². The number of carbonyl (C=O) groups excluding carboxylic acids is 1. The van der Waals surface area contributed by atoms with Crippen LogP contribution in [0.25, 0.3) is 0 Å². The molecule has 1 aromatic carbocycles. The zero-order valence-corrected chi connectivity index (χ0v) is 16.4. The molecule has 2 aromatic rings. The number of nitrogens with zero attached hydrogens (tertiary/aromatic N) is 3. The van der Waals surface area contributed by atoms with Crippen molar-refractivity contribution in [3.8, 4) is 11.6 Å². The van der Waals surface area contributed by atoms with Gasteiger partial charge >= 0.3 is 0 Å². The average Bonchev–Trinajstić information content (AvgIpc) is 2.71. The van der Waals surface area contributed by atoms with Crippen LogP contribution in [0.3, 0.4) is 0 Å². The number of amides is 1. The Morgan fingerprint density at radius 2 is 1.96 bits per heavy atom. The van der Waals surface area contributed by atoms with Gasteiger partial charge in [0.2, 0.25) is 5.88 Å². The van der Waals surface area contributed by atoms with E-state index in [1.807, 2.05) is 13.0 Å². The molecule has 8 nitrogen and oxygen atoms in total. The monoisotopic (exact) mass is 406 g/mol. The van der Waals surface area contributed by atoms with Gasteiger partial charge in [-0.2, -0.15) is 4.98 Å². The maximum Gasteiger partial charge on any atom is 0.258 e. The Bertz CT molecular complexity index is 782. The van der Waals surface area contributed by atoms with Crippen LogP contribution in [0, 0.1) is 6.92 Å². The van der Waals surface area contributed by atoms with Crippen LogP contribution >= 0.6 is 11.6 Å². The van der Waals surface area contributed by atoms with Gasteiger partial charge in [-0.3, -0.25) is 4.79 Å². The first kappa shape index (κ1) is 20.2. The highest BCUT2D eigenvalue weighted by Gasteiger charge is 2.14. The molecule has 1 saturated heterocycles. The van der Waals surface area contributed by atoms with E-state index in [-0.39, 0.29) is 12.5 Å². The molecule has 0 saturated carbocycles. The van der Waals surface area contributed by atoms with E-state index in [4.69, 9.17) is 25.8 Å². The smallest absolute Gasteiger partial charge is 0.258 e. The van der Waals surface area contributed by atoms with E-state index in [1.54, 1.807) is 24.3 Å². The summed E-state index contributed by atoms with van der Waals surface area (Å²) in [5.74, 6) is 2.31. The second-order valence-electron chi connectivity index (χ2n) is 6.15. The van der Waals surface area contributed by atoms with Gasteiger partial charge in [-0.15, -0.1) is 0 Å². The minimum atomic E-state index is -0.230. The SMILES string of the molecule is Cc1nc(OCCNC(=O)COc2ccc(Cl)cc2)cc(N2CCOCC2)n1. The molecule has 1 aliphatic rings. The van der Waals surface area contributed by atoms with Crippen LogP contribution in [-0.2, 0) is 9.53 Å². The standard InChI is InChI=1S/C19H23ClN4O4/c1-14-22-17(24-7-10-26-11-8-24)12-19(23-14)27-9-6-21-18(25)13-28-16-4-2-15(20)3-5-16/h2-5,12H,6-11,13H2,1H3,(H,21,25). The van der Waals surface area contributed by atoms with Gasteiger partial charge in [0.25, 0.3) is 5.91 Å². The molecule has 28 heavy (non-hydrogen) atoms. The summed E-state index contributed by atoms with van der Waals surface area (Å²) in [5, 5.41) is 3.36. The first-order valence-corrected chi connectivity index (χ1v) is 9.44. The van der Waals surface area contributed by atoms with Gasteiger partial charge in [0.1, 0.15) is 24.0 Å². The quantitative estimate of drug-likeness (QED) is 0.669. The van der Waals surface area contributed by atoms with Crippen molar-refractivity contribution in [2.45, 2.75) is 6.92 Å². The van der Waals surface area contributed by atoms with Crippen molar-refractivity contribution < 1.29 is 19.0 Å². The number of anilines is 1. The number of halogens is 1. The molecule has 0 atom stereocenters. The van der Waals surface area contributed by atoms with Crippen LogP contribution in [0.4, 0.5) is 5.82 Å². The first-order chi connectivity index (χ1) is 13.6. The molecular formula is C19H23ClN4O4. The molecule has 1 fully saturated rings. The highest BCUT2D eigenvalue weighted by Crippen LogP contribution is 2.18. The number of morpholine rings is 1. The number of rotatable bonds is 8. The average molecular weight is 407 g/mol. The summed E-state index contributed by atoms with van der Waals surface area (Å²) in [6, 6.07) is 8.64. The van der Waals surface area contributed by atoms with Crippen LogP contribution in [0.5, 0.6) is 11.6 Å². The van der Waals surface area contributed by atoms with Crippen molar-refractivity contribution in [2.75, 3.05) is 51.0 Å². The molecule has 3 rings (SSSR count). The molecule has 1 amide bonds. The van der Waals surface area contributed by atoms with E-state index < -0.39 is 0 Å². The lowest BCUT2D eigenvalue weighted by atomic mass is 10.3. The minimum absolute atomic E-state index is 0.0740. The Labute approximate surface area is 168 Å². The molecule has 1 aliphatic heterocycles. The molecule has 150 valence electrons. The number of carbonyl (C=O) groups is 1. The molecule has 0 spiro atoms. The number of hydrogen-bond donors (Lipinski definition) is 1. The van der Waals surface area contributed by atoms with Crippen molar-refractivity contribution in [1.29, 1.82) is 0 Å². The molecule has 1 N–H and O–H groups in total. The lowest BCUT2D eigenvalue weighted by Gasteiger charge is -2.28. The molecular weight excluding hydrogens is 384 g/mol. The Balaban J connectivity index is 1.40. The van der Waals surface area contributed by atoms with E-state index in [1.165, 1.54) is 0 Å². The van der Waals surface area contributed by atoms with Gasteiger partial charge in [-0.05, 0) is 31.2 Å². The summed E-state index contributed by atoms with van der Waals surface area (Å²) >= 11 is 5.81. The fraction of sp³-hybridized carbons (Fsp3) is 0.421. The van der Waals surface area contributed by atoms with Crippen molar-refractivity contribution in [1.82, 2.24) is 15.3 Å². The van der Waals surface area contributed by atoms with Crippen molar-refractivity contribution in [3.05, 3.63) is 41.2 Å². The van der Waals surface area contributed by atoms with E-state index in [0.29, 0.717) is 48.8 Å². The van der Waals surface area contributed by atoms with Crippen molar-refractivity contribution >= 4 is 23.3 Å². The third kappa shape index (κ3) is 6.24. The predicted molar refractivity (Wildman–Crippen MR) is 105 cm³/mol. The zero-order chi connectivity index (χ0) is 19.8. The van der Waals surface area contributed by atoms with Gasteiger partial charge in [-0.25, -0.2) is 4.98 Å². The topological polar surface area (TPSA) is 85.8 Å². The fourth-order valence-electron chi connectivity index (χ4n) is 2.63. The van der Waals surface area contributed by atoms with Gasteiger partial charge in [0.15, 0.2) is 6.61 Å². The maximum absolute atomic E-state index is 11.8. The maximum atomic E-state index is 11.8. The summed E-state index contributed by atoms with van der Waals surface area (Å²) in [4.78, 5) is 22.7. The summed E-state index contributed by atoms with van der Waals surface area (Å²) in [5.41, 5.74) is 0. The van der Waals surface area contributed by atoms with Crippen LogP contribution in [0.2, 0.25) is 5.02 Å². The highest BCUT2D eigenvalue weighted by molar-refractivity contribution is 6.30. The summed E-state index contributed by atoms with van der Waals surface area (Å²) in [6.45, 7) is 5.35. The zero-order valence-electron chi connectivity index (χ0n) is 15.7. The van der Waals surface area contributed by atoms with Gasteiger partial charge < -0.3 is 24.4 Å². The number of hydrogen-bond acceptors (Lipinski definition) is 7. The fourth-order valence-corrected chi connectivity index (χ4v) is 2.76. The summed E-state index contributed by atoms with van der Waals surface area (Å²) < 4.78 is 16.4. The number of nitrogens with one attached hydrogen (secondary N) is 1. The molecule has 0 radical (unpaired) electrons. The van der Waals surface area contributed by atoms with Crippen LogP contribution in [0.1, 0.15) is 5.82 Å². The van der Waals surface area contributed by atoms with Crippen LogP contribution in [-0.4, -0.2) is 61.9 Å². The van der Waals surface area contributed by atoms with E-state index in [2.05, 4.69) is 20.2 Å². The largest absolute Gasteiger partial charge is 0.484 e. The Morgan fingerprint density at radius 1 is 1.21 bits per heavy atom. The normalized spacial score (nSPS) is 13.9. The Morgan fingerprint density at radius 3 is 2.71 bits per heavy atom. The number of ether oxygens (including phenoxy) is 3. The molecule has 1 aromatic heterocycles. The van der Waals surface area contributed by atoms with Crippen LogP contribution in [0.15, 0.2) is 30.3 Å². The Hall–Kier alpha value is -2.58. The van der Waals surface area contributed by atoms with Crippen molar-refractivity contribution in [3.63, 3.8) is 0 Å². The number of aromatic nitrogens is 2. The summed E-state index contributed by atoms with van der Waals surface area (Å²) in [7, 11) is 0. The lowest BCUT2D eigenvalue weighted by molar-refractivity contribution is -0.123. The second kappa shape index (κ2) is 10.1. The van der Waals surface area contributed by atoms with Gasteiger partial charge in [0.05, 0.1) is 19.8 Å². The summed E-state index contributed by atoms with van der Waals surface area (Å²) in [6.07, 6.45) is 0. The molecule has 0 aliphatic carbocycles. The third-order valence-corrected chi connectivity index (χ3v) is 4.25. The molecule has 0 bridgehead atoms. The predicted octanol–water partition coefficient (Wildman–Crippen LogP) is 1.85. The molecule has 0 unspecified atom stereocenters. The first-order valence-electron chi connectivity index (χ1n) is 9.06. The van der Waals surface area contributed by atoms with Gasteiger partial charge in [-0.1, -0.05) is 11.6 Å². The van der Waals surface area contributed by atoms with E-state index in [0.717, 1.165) is 18.9 Å². The lowest BCUT2D eigenvalue weighted by Crippen LogP contribution is -2.37. The molecule has 2 heterocycles. The van der Waals surface area contributed by atoms with Gasteiger partial charge in [0, 0.05) is 24.2 Å². The minimum Gasteiger partial charge on any atom is -0.484 e. The second-order valence-corrected chi connectivity index (χ2v) is 6.59.